The fourth-order valence-electron chi connectivity index (χ4n) is 1.95. The number of nitrogens with one attached hydrogen (secondary N) is 1. The van der Waals surface area contributed by atoms with Crippen molar-refractivity contribution in [2.45, 2.75) is 32.2 Å². The Hall–Kier alpha value is -1.56. The van der Waals surface area contributed by atoms with E-state index in [2.05, 4.69) is 21.2 Å². The highest BCUT2D eigenvalue weighted by Gasteiger charge is 2.35. The number of amides is 1. The summed E-state index contributed by atoms with van der Waals surface area (Å²) in [6.45, 7) is 3.51. The van der Waals surface area contributed by atoms with Crippen molar-refractivity contribution in [1.82, 2.24) is 5.32 Å². The fraction of sp³-hybridized carbons (Fsp3) is 0.429. The predicted octanol–water partition coefficient (Wildman–Crippen LogP) is 2.62. The van der Waals surface area contributed by atoms with Gasteiger partial charge in [-0.15, -0.1) is 0 Å². The molecular formula is C14H18BrNO4. The monoisotopic (exact) mass is 343 g/mol. The van der Waals surface area contributed by atoms with E-state index in [-0.39, 0.29) is 11.3 Å². The van der Waals surface area contributed by atoms with E-state index in [9.17, 15) is 14.7 Å². The number of phenolic OH excluding ortho intramolecular Hbond substituents is 1. The van der Waals surface area contributed by atoms with Crippen LogP contribution in [0.1, 0.15) is 37.0 Å². The number of methoxy groups -OCH3 is 1. The quantitative estimate of drug-likeness (QED) is 0.805. The molecule has 1 rings (SSSR count). The van der Waals surface area contributed by atoms with E-state index in [4.69, 9.17) is 4.74 Å². The molecule has 1 amide bonds. The number of halogens is 1. The molecule has 20 heavy (non-hydrogen) atoms. The smallest absolute Gasteiger partial charge is 0.331 e. The third-order valence-corrected chi connectivity index (χ3v) is 3.47. The van der Waals surface area contributed by atoms with Crippen molar-refractivity contribution in [2.24, 2.45) is 0 Å². The van der Waals surface area contributed by atoms with Crippen LogP contribution in [0.4, 0.5) is 0 Å². The topological polar surface area (TPSA) is 75.6 Å². The van der Waals surface area contributed by atoms with Gasteiger partial charge in [-0.3, -0.25) is 4.79 Å². The number of esters is 1. The molecule has 0 saturated carbocycles. The van der Waals surface area contributed by atoms with Crippen molar-refractivity contribution >= 4 is 27.8 Å². The molecule has 110 valence electrons. The lowest BCUT2D eigenvalue weighted by Crippen LogP contribution is -2.52. The van der Waals surface area contributed by atoms with Gasteiger partial charge in [0.2, 0.25) is 0 Å². The zero-order valence-electron chi connectivity index (χ0n) is 11.7. The zero-order valence-corrected chi connectivity index (χ0v) is 13.3. The zero-order chi connectivity index (χ0) is 15.3. The molecule has 0 aliphatic heterocycles. The van der Waals surface area contributed by atoms with Crippen LogP contribution in [0.25, 0.3) is 0 Å². The van der Waals surface area contributed by atoms with E-state index >= 15 is 0 Å². The number of rotatable bonds is 5. The van der Waals surface area contributed by atoms with Crippen LogP contribution in [0, 0.1) is 0 Å². The van der Waals surface area contributed by atoms with Crippen LogP contribution in [0.15, 0.2) is 22.7 Å². The van der Waals surface area contributed by atoms with Crippen LogP contribution >= 0.6 is 15.9 Å². The molecule has 0 bridgehead atoms. The summed E-state index contributed by atoms with van der Waals surface area (Å²) >= 11 is 3.23. The maximum atomic E-state index is 12.2. The first-order chi connectivity index (χ1) is 9.34. The Labute approximate surface area is 126 Å². The molecule has 1 aromatic rings. The minimum absolute atomic E-state index is 0.102. The van der Waals surface area contributed by atoms with Crippen molar-refractivity contribution in [3.63, 3.8) is 0 Å². The van der Waals surface area contributed by atoms with Gasteiger partial charge in [0.25, 0.3) is 5.91 Å². The lowest BCUT2D eigenvalue weighted by Gasteiger charge is -2.27. The summed E-state index contributed by atoms with van der Waals surface area (Å²) in [5.41, 5.74) is -1.01. The number of benzene rings is 1. The van der Waals surface area contributed by atoms with Crippen molar-refractivity contribution in [3.05, 3.63) is 28.2 Å². The summed E-state index contributed by atoms with van der Waals surface area (Å²) in [4.78, 5) is 24.1. The molecule has 0 saturated heterocycles. The molecule has 1 aromatic carbocycles. The van der Waals surface area contributed by atoms with Gasteiger partial charge >= 0.3 is 5.97 Å². The van der Waals surface area contributed by atoms with Gasteiger partial charge in [0.05, 0.1) is 12.7 Å². The van der Waals surface area contributed by atoms with E-state index in [0.29, 0.717) is 17.3 Å². The number of ether oxygens (including phenoxy) is 1. The Kier molecular flexibility index (Phi) is 5.56. The molecule has 5 nitrogen and oxygen atoms in total. The van der Waals surface area contributed by atoms with E-state index in [1.807, 2.05) is 6.92 Å². The van der Waals surface area contributed by atoms with Crippen molar-refractivity contribution in [1.29, 1.82) is 0 Å². The Bertz CT molecular complexity index is 518. The minimum atomic E-state index is -1.12. The average Bonchev–Trinajstić information content (AvgIpc) is 2.40. The number of hydrogen-bond donors (Lipinski definition) is 2. The fourth-order valence-corrected chi connectivity index (χ4v) is 2.31. The first kappa shape index (κ1) is 16.5. The van der Waals surface area contributed by atoms with Crippen LogP contribution < -0.4 is 5.32 Å². The van der Waals surface area contributed by atoms with Gasteiger partial charge in [0.1, 0.15) is 11.3 Å². The highest BCUT2D eigenvalue weighted by atomic mass is 79.9. The van der Waals surface area contributed by atoms with Crippen LogP contribution in [0.2, 0.25) is 0 Å². The molecule has 1 atom stereocenters. The number of carbonyl (C=O) groups excluding carboxylic acids is 2. The molecule has 0 fully saturated rings. The third-order valence-electron chi connectivity index (χ3n) is 2.98. The second-order valence-corrected chi connectivity index (χ2v) is 5.60. The molecule has 0 aromatic heterocycles. The highest BCUT2D eigenvalue weighted by Crippen LogP contribution is 2.23. The second-order valence-electron chi connectivity index (χ2n) is 4.69. The normalized spacial score (nSPS) is 13.4. The largest absolute Gasteiger partial charge is 0.507 e. The van der Waals surface area contributed by atoms with Gasteiger partial charge < -0.3 is 15.2 Å². The van der Waals surface area contributed by atoms with Crippen molar-refractivity contribution in [2.75, 3.05) is 7.11 Å². The first-order valence-corrected chi connectivity index (χ1v) is 7.02. The molecule has 0 radical (unpaired) electrons. The summed E-state index contributed by atoms with van der Waals surface area (Å²) in [5, 5.41) is 12.4. The number of phenols is 1. The predicted molar refractivity (Wildman–Crippen MR) is 78.6 cm³/mol. The van der Waals surface area contributed by atoms with Gasteiger partial charge in [-0.05, 0) is 31.5 Å². The van der Waals surface area contributed by atoms with Crippen molar-refractivity contribution < 1.29 is 19.4 Å². The van der Waals surface area contributed by atoms with Gasteiger partial charge in [0, 0.05) is 4.47 Å². The number of hydrogen-bond acceptors (Lipinski definition) is 4. The second kappa shape index (κ2) is 6.74. The molecule has 2 N–H and O–H groups in total. The summed E-state index contributed by atoms with van der Waals surface area (Å²) in [7, 11) is 1.28. The summed E-state index contributed by atoms with van der Waals surface area (Å²) < 4.78 is 5.40. The van der Waals surface area contributed by atoms with Gasteiger partial charge in [-0.2, -0.15) is 0 Å². The Morgan fingerprint density at radius 2 is 2.10 bits per heavy atom. The van der Waals surface area contributed by atoms with Gasteiger partial charge in [-0.1, -0.05) is 29.3 Å². The molecule has 6 heteroatoms. The Morgan fingerprint density at radius 3 is 2.65 bits per heavy atom. The van der Waals surface area contributed by atoms with Crippen LogP contribution in [0.5, 0.6) is 5.75 Å². The lowest BCUT2D eigenvalue weighted by atomic mass is 9.95. The minimum Gasteiger partial charge on any atom is -0.507 e. The molecule has 0 aliphatic carbocycles. The summed E-state index contributed by atoms with van der Waals surface area (Å²) in [6.07, 6.45) is 1.15. The van der Waals surface area contributed by atoms with E-state index in [1.54, 1.807) is 13.0 Å². The van der Waals surface area contributed by atoms with Gasteiger partial charge in [-0.25, -0.2) is 4.79 Å². The Morgan fingerprint density at radius 1 is 1.45 bits per heavy atom. The van der Waals surface area contributed by atoms with Crippen LogP contribution in [-0.2, 0) is 9.53 Å². The van der Waals surface area contributed by atoms with E-state index < -0.39 is 17.4 Å². The number of carbonyl (C=O) groups is 2. The third kappa shape index (κ3) is 3.72. The lowest BCUT2D eigenvalue weighted by molar-refractivity contribution is -0.147. The maximum absolute atomic E-state index is 12.2. The summed E-state index contributed by atoms with van der Waals surface area (Å²) in [6, 6.07) is 4.53. The highest BCUT2D eigenvalue weighted by molar-refractivity contribution is 9.10. The summed E-state index contributed by atoms with van der Waals surface area (Å²) in [5.74, 6) is -1.18. The average molecular weight is 344 g/mol. The SMILES string of the molecule is CCCC(C)(NC(=O)c1cc(Br)ccc1O)C(=O)OC. The standard InChI is InChI=1S/C14H18BrNO4/c1-4-7-14(2,13(19)20-3)16-12(18)10-8-9(15)5-6-11(10)17/h5-6,8,17H,4,7H2,1-3H3,(H,16,18). The number of aromatic hydroxyl groups is 1. The molecular weight excluding hydrogens is 326 g/mol. The van der Waals surface area contributed by atoms with E-state index in [0.717, 1.165) is 0 Å². The van der Waals surface area contributed by atoms with Crippen molar-refractivity contribution in [3.8, 4) is 5.75 Å². The molecule has 0 spiro atoms. The van der Waals surface area contributed by atoms with Gasteiger partial charge in [0.15, 0.2) is 0 Å². The van der Waals surface area contributed by atoms with Crippen LogP contribution in [-0.4, -0.2) is 29.6 Å². The molecule has 0 heterocycles. The van der Waals surface area contributed by atoms with Crippen LogP contribution in [0.3, 0.4) is 0 Å². The molecule has 0 aliphatic rings. The first-order valence-electron chi connectivity index (χ1n) is 6.23. The molecule has 1 unspecified atom stereocenters. The van der Waals surface area contributed by atoms with E-state index in [1.165, 1.54) is 19.2 Å². The Balaban J connectivity index is 3.02. The maximum Gasteiger partial charge on any atom is 0.331 e.